The van der Waals surface area contributed by atoms with Crippen molar-refractivity contribution in [3.05, 3.63) is 33.7 Å². The fraction of sp³-hybridized carbons (Fsp3) is 0.333. The van der Waals surface area contributed by atoms with E-state index in [0.717, 1.165) is 5.69 Å². The van der Waals surface area contributed by atoms with Crippen molar-refractivity contribution in [2.24, 2.45) is 5.73 Å². The molecule has 1 heterocycles. The maximum atomic E-state index is 11.5. The fourth-order valence-corrected chi connectivity index (χ4v) is 1.16. The van der Waals surface area contributed by atoms with Crippen molar-refractivity contribution < 1.29 is 0 Å². The summed E-state index contributed by atoms with van der Waals surface area (Å²) in [6.07, 6.45) is 0. The number of aromatic nitrogens is 1. The molecule has 0 saturated carbocycles. The Bertz CT molecular complexity index is 400. The van der Waals surface area contributed by atoms with Gasteiger partial charge in [-0.1, -0.05) is 0 Å². The summed E-state index contributed by atoms with van der Waals surface area (Å²) in [6.45, 7) is 2.67. The maximum Gasteiger partial charge on any atom is 0.268 e. The molecule has 0 amide bonds. The van der Waals surface area contributed by atoms with E-state index in [1.54, 1.807) is 6.07 Å². The zero-order chi connectivity index (χ0) is 9.84. The first-order valence-electron chi connectivity index (χ1n) is 4.01. The van der Waals surface area contributed by atoms with Gasteiger partial charge in [0, 0.05) is 18.8 Å². The van der Waals surface area contributed by atoms with E-state index in [-0.39, 0.29) is 11.1 Å². The minimum absolute atomic E-state index is 0.166. The van der Waals surface area contributed by atoms with E-state index in [9.17, 15) is 4.79 Å². The topological polar surface area (TPSA) is 71.8 Å². The molecular formula is C9H11N3O. The van der Waals surface area contributed by atoms with Crippen LogP contribution in [-0.2, 0) is 6.54 Å². The summed E-state index contributed by atoms with van der Waals surface area (Å²) in [6, 6.07) is 5.13. The molecule has 0 aliphatic carbocycles. The molecule has 4 heteroatoms. The van der Waals surface area contributed by atoms with Gasteiger partial charge in [-0.25, -0.2) is 0 Å². The number of pyridine rings is 1. The summed E-state index contributed by atoms with van der Waals surface area (Å²) in [5.74, 6) is 0. The highest BCUT2D eigenvalue weighted by molar-refractivity contribution is 5.27. The number of nitrogens with zero attached hydrogens (tertiary/aromatic N) is 2. The van der Waals surface area contributed by atoms with E-state index in [1.807, 2.05) is 13.0 Å². The summed E-state index contributed by atoms with van der Waals surface area (Å²) in [7, 11) is 0. The van der Waals surface area contributed by atoms with Crippen molar-refractivity contribution in [2.75, 3.05) is 6.54 Å². The largest absolute Gasteiger partial charge is 0.329 e. The van der Waals surface area contributed by atoms with Crippen molar-refractivity contribution in [1.82, 2.24) is 4.57 Å². The Morgan fingerprint density at radius 1 is 1.62 bits per heavy atom. The van der Waals surface area contributed by atoms with Gasteiger partial charge in [0.1, 0.15) is 11.6 Å². The number of hydrogen-bond acceptors (Lipinski definition) is 3. The third kappa shape index (κ3) is 1.76. The number of nitrogens with two attached hydrogens (primary N) is 1. The van der Waals surface area contributed by atoms with Crippen molar-refractivity contribution in [3.63, 3.8) is 0 Å². The normalized spacial score (nSPS) is 9.62. The molecule has 0 radical (unpaired) electrons. The lowest BCUT2D eigenvalue weighted by Gasteiger charge is -2.07. The van der Waals surface area contributed by atoms with Crippen molar-refractivity contribution in [3.8, 4) is 6.07 Å². The van der Waals surface area contributed by atoms with Crippen LogP contribution in [0.4, 0.5) is 0 Å². The molecular weight excluding hydrogens is 166 g/mol. The zero-order valence-electron chi connectivity index (χ0n) is 7.45. The number of nitriles is 1. The Balaban J connectivity index is 3.32. The quantitative estimate of drug-likeness (QED) is 0.690. The van der Waals surface area contributed by atoms with Crippen molar-refractivity contribution in [1.29, 1.82) is 5.26 Å². The van der Waals surface area contributed by atoms with E-state index in [4.69, 9.17) is 11.0 Å². The van der Waals surface area contributed by atoms with Gasteiger partial charge in [0.05, 0.1) is 0 Å². The summed E-state index contributed by atoms with van der Waals surface area (Å²) in [4.78, 5) is 11.5. The van der Waals surface area contributed by atoms with E-state index in [0.29, 0.717) is 13.1 Å². The van der Waals surface area contributed by atoms with Crippen LogP contribution in [0, 0.1) is 18.3 Å². The van der Waals surface area contributed by atoms with Gasteiger partial charge in [0.25, 0.3) is 5.56 Å². The van der Waals surface area contributed by atoms with Crippen LogP contribution in [0.1, 0.15) is 11.3 Å². The second-order valence-electron chi connectivity index (χ2n) is 2.75. The average molecular weight is 177 g/mol. The Morgan fingerprint density at radius 3 is 2.85 bits per heavy atom. The minimum atomic E-state index is -0.257. The molecule has 0 spiro atoms. The second kappa shape index (κ2) is 3.87. The predicted octanol–water partition coefficient (Wildman–Crippen LogP) is -0.0129. The Hall–Kier alpha value is -1.60. The average Bonchev–Trinajstić information content (AvgIpc) is 2.12. The third-order valence-corrected chi connectivity index (χ3v) is 1.87. The molecule has 0 saturated heterocycles. The van der Waals surface area contributed by atoms with Gasteiger partial charge in [-0.3, -0.25) is 4.79 Å². The molecule has 1 rings (SSSR count). The summed E-state index contributed by atoms with van der Waals surface area (Å²) < 4.78 is 1.51. The van der Waals surface area contributed by atoms with Gasteiger partial charge >= 0.3 is 0 Å². The Morgan fingerprint density at radius 2 is 2.31 bits per heavy atom. The van der Waals surface area contributed by atoms with Crippen LogP contribution in [-0.4, -0.2) is 11.1 Å². The second-order valence-corrected chi connectivity index (χ2v) is 2.75. The van der Waals surface area contributed by atoms with Crippen LogP contribution in [0.5, 0.6) is 0 Å². The van der Waals surface area contributed by atoms with Crippen LogP contribution in [0.15, 0.2) is 16.9 Å². The van der Waals surface area contributed by atoms with Gasteiger partial charge in [-0.2, -0.15) is 5.26 Å². The van der Waals surface area contributed by atoms with E-state index in [1.165, 1.54) is 10.6 Å². The van der Waals surface area contributed by atoms with Crippen LogP contribution < -0.4 is 11.3 Å². The molecule has 0 bridgehead atoms. The van der Waals surface area contributed by atoms with Crippen molar-refractivity contribution in [2.45, 2.75) is 13.5 Å². The van der Waals surface area contributed by atoms with E-state index in [2.05, 4.69) is 0 Å². The Labute approximate surface area is 76.2 Å². The number of aryl methyl sites for hydroxylation is 1. The van der Waals surface area contributed by atoms with Crippen LogP contribution >= 0.6 is 0 Å². The number of hydrogen-bond donors (Lipinski definition) is 1. The molecule has 4 nitrogen and oxygen atoms in total. The first kappa shape index (κ1) is 9.49. The van der Waals surface area contributed by atoms with Crippen LogP contribution in [0.3, 0.4) is 0 Å². The molecule has 13 heavy (non-hydrogen) atoms. The fourth-order valence-electron chi connectivity index (χ4n) is 1.16. The number of rotatable bonds is 2. The molecule has 0 atom stereocenters. The highest BCUT2D eigenvalue weighted by atomic mass is 16.1. The lowest BCUT2D eigenvalue weighted by molar-refractivity contribution is 0.658. The highest BCUT2D eigenvalue weighted by Crippen LogP contribution is 1.96. The SMILES string of the molecule is Cc1ccc(C#N)c(=O)n1CCN. The maximum absolute atomic E-state index is 11.5. The summed E-state index contributed by atoms with van der Waals surface area (Å²) in [5, 5.41) is 8.61. The van der Waals surface area contributed by atoms with E-state index >= 15 is 0 Å². The van der Waals surface area contributed by atoms with E-state index < -0.39 is 0 Å². The Kier molecular flexibility index (Phi) is 2.83. The first-order chi connectivity index (χ1) is 6.20. The van der Waals surface area contributed by atoms with Gasteiger partial charge in [-0.05, 0) is 19.1 Å². The first-order valence-corrected chi connectivity index (χ1v) is 4.01. The van der Waals surface area contributed by atoms with Crippen molar-refractivity contribution >= 4 is 0 Å². The van der Waals surface area contributed by atoms with Crippen LogP contribution in [0.25, 0.3) is 0 Å². The van der Waals surface area contributed by atoms with Gasteiger partial charge < -0.3 is 10.3 Å². The molecule has 1 aromatic heterocycles. The highest BCUT2D eigenvalue weighted by Gasteiger charge is 2.03. The standard InChI is InChI=1S/C9H11N3O/c1-7-2-3-8(6-11)9(13)12(7)5-4-10/h2-3H,4-5,10H2,1H3. The van der Waals surface area contributed by atoms with Crippen LogP contribution in [0.2, 0.25) is 0 Å². The molecule has 2 N–H and O–H groups in total. The monoisotopic (exact) mass is 177 g/mol. The van der Waals surface area contributed by atoms with Gasteiger partial charge in [-0.15, -0.1) is 0 Å². The van der Waals surface area contributed by atoms with Gasteiger partial charge in [0.15, 0.2) is 0 Å². The molecule has 0 aliphatic rings. The lowest BCUT2D eigenvalue weighted by atomic mass is 10.2. The molecule has 0 aromatic carbocycles. The lowest BCUT2D eigenvalue weighted by Crippen LogP contribution is -2.27. The summed E-state index contributed by atoms with van der Waals surface area (Å²) in [5.41, 5.74) is 6.08. The van der Waals surface area contributed by atoms with Gasteiger partial charge in [0.2, 0.25) is 0 Å². The minimum Gasteiger partial charge on any atom is -0.329 e. The zero-order valence-corrected chi connectivity index (χ0v) is 7.45. The third-order valence-electron chi connectivity index (χ3n) is 1.87. The predicted molar refractivity (Wildman–Crippen MR) is 49.2 cm³/mol. The smallest absolute Gasteiger partial charge is 0.268 e. The molecule has 0 aliphatic heterocycles. The molecule has 0 unspecified atom stereocenters. The molecule has 1 aromatic rings. The molecule has 68 valence electrons. The summed E-state index contributed by atoms with van der Waals surface area (Å²) >= 11 is 0. The molecule has 0 fully saturated rings.